The topological polar surface area (TPSA) is 154 Å². The van der Waals surface area contributed by atoms with Crippen LogP contribution in [-0.2, 0) is 16.1 Å². The third kappa shape index (κ3) is 8.51. The number of carbonyl (C=O) groups is 2. The van der Waals surface area contributed by atoms with Crippen molar-refractivity contribution < 1.29 is 29.4 Å². The average Bonchev–Trinajstić information content (AvgIpc) is 2.55. The van der Waals surface area contributed by atoms with Crippen molar-refractivity contribution in [2.75, 3.05) is 13.2 Å². The van der Waals surface area contributed by atoms with Gasteiger partial charge in [-0.15, -0.1) is 10.1 Å². The van der Waals surface area contributed by atoms with Gasteiger partial charge in [0.2, 0.25) is 0 Å². The zero-order valence-electron chi connectivity index (χ0n) is 13.6. The molecule has 0 aliphatic heterocycles. The van der Waals surface area contributed by atoms with Crippen molar-refractivity contribution in [2.45, 2.75) is 31.7 Å². The van der Waals surface area contributed by atoms with Gasteiger partial charge < -0.3 is 25.7 Å². The molecule has 1 aromatic carbocycles. The van der Waals surface area contributed by atoms with Crippen LogP contribution < -0.4 is 15.8 Å². The number of carbonyl (C=O) groups excluding carboxylic acids is 1. The number of amides is 1. The molecule has 1 amide bonds. The Morgan fingerprint density at radius 1 is 1.28 bits per heavy atom. The van der Waals surface area contributed by atoms with Crippen LogP contribution in [0.25, 0.3) is 0 Å². The maximum Gasteiger partial charge on any atom is 0.413 e. The molecule has 0 saturated heterocycles. The molecule has 0 aromatic heterocycles. The first kappa shape index (κ1) is 20.2. The van der Waals surface area contributed by atoms with Gasteiger partial charge in [-0.1, -0.05) is 12.1 Å². The van der Waals surface area contributed by atoms with E-state index in [-0.39, 0.29) is 18.8 Å². The molecule has 10 heteroatoms. The zero-order valence-corrected chi connectivity index (χ0v) is 13.6. The van der Waals surface area contributed by atoms with E-state index in [1.54, 1.807) is 12.1 Å². The van der Waals surface area contributed by atoms with Crippen molar-refractivity contribution in [3.63, 3.8) is 0 Å². The fourth-order valence-electron chi connectivity index (χ4n) is 1.99. The lowest BCUT2D eigenvalue weighted by atomic mass is 10.1. The minimum absolute atomic E-state index is 0.0726. The summed E-state index contributed by atoms with van der Waals surface area (Å²) in [5.74, 6) is -0.919. The van der Waals surface area contributed by atoms with Crippen molar-refractivity contribution >= 4 is 12.1 Å². The lowest BCUT2D eigenvalue weighted by Crippen LogP contribution is -2.42. The molecule has 0 aliphatic carbocycles. The second-order valence-electron chi connectivity index (χ2n) is 5.16. The maximum atomic E-state index is 11.8. The molecule has 0 bridgehead atoms. The summed E-state index contributed by atoms with van der Waals surface area (Å²) in [4.78, 5) is 37.2. The van der Waals surface area contributed by atoms with Crippen LogP contribution in [-0.4, -0.2) is 41.4 Å². The summed E-state index contributed by atoms with van der Waals surface area (Å²) >= 11 is 0. The van der Waals surface area contributed by atoms with E-state index in [2.05, 4.69) is 10.2 Å². The Bertz CT molecular complexity index is 577. The predicted molar refractivity (Wildman–Crippen MR) is 86.6 cm³/mol. The number of nitrogens with two attached hydrogens (primary N) is 1. The van der Waals surface area contributed by atoms with Gasteiger partial charge in [0.1, 0.15) is 18.4 Å². The van der Waals surface area contributed by atoms with Crippen molar-refractivity contribution in [3.8, 4) is 5.75 Å². The van der Waals surface area contributed by atoms with Crippen molar-refractivity contribution in [2.24, 2.45) is 5.73 Å². The van der Waals surface area contributed by atoms with Crippen molar-refractivity contribution in [1.82, 2.24) is 5.32 Å². The van der Waals surface area contributed by atoms with Crippen LogP contribution in [0.1, 0.15) is 24.8 Å². The van der Waals surface area contributed by atoms with Crippen LogP contribution in [0.3, 0.4) is 0 Å². The quantitative estimate of drug-likeness (QED) is 0.303. The minimum Gasteiger partial charge on any atom is -0.480 e. The number of ether oxygens (including phenoxy) is 1. The highest BCUT2D eigenvalue weighted by Gasteiger charge is 2.20. The van der Waals surface area contributed by atoms with E-state index in [0.717, 1.165) is 5.56 Å². The number of carboxylic acid groups (broad SMARTS) is 1. The van der Waals surface area contributed by atoms with E-state index < -0.39 is 23.2 Å². The van der Waals surface area contributed by atoms with Gasteiger partial charge in [-0.05, 0) is 49.9 Å². The molecular weight excluding hydrogens is 334 g/mol. The number of aliphatic carboxylic acids is 1. The van der Waals surface area contributed by atoms with Gasteiger partial charge in [0.15, 0.2) is 0 Å². The molecule has 1 atom stereocenters. The van der Waals surface area contributed by atoms with Gasteiger partial charge in [0, 0.05) is 0 Å². The summed E-state index contributed by atoms with van der Waals surface area (Å²) in [6.07, 6.45) is 0.966. The van der Waals surface area contributed by atoms with Crippen LogP contribution in [0.5, 0.6) is 5.75 Å². The number of hydrogen-bond donors (Lipinski definition) is 3. The van der Waals surface area contributed by atoms with Gasteiger partial charge in [0.05, 0.1) is 0 Å². The Morgan fingerprint density at radius 3 is 2.52 bits per heavy atom. The number of rotatable bonds is 11. The van der Waals surface area contributed by atoms with Crippen LogP contribution in [0.4, 0.5) is 4.79 Å². The lowest BCUT2D eigenvalue weighted by Gasteiger charge is -2.14. The largest absolute Gasteiger partial charge is 0.480 e. The Balaban J connectivity index is 2.46. The van der Waals surface area contributed by atoms with Crippen LogP contribution >= 0.6 is 0 Å². The Morgan fingerprint density at radius 2 is 1.96 bits per heavy atom. The van der Waals surface area contributed by atoms with E-state index in [0.29, 0.717) is 25.8 Å². The molecule has 25 heavy (non-hydrogen) atoms. The first-order chi connectivity index (χ1) is 11.9. The van der Waals surface area contributed by atoms with Gasteiger partial charge in [0.25, 0.3) is 5.09 Å². The summed E-state index contributed by atoms with van der Waals surface area (Å²) < 4.78 is 5.02. The molecule has 0 heterocycles. The highest BCUT2D eigenvalue weighted by molar-refractivity contribution is 5.80. The van der Waals surface area contributed by atoms with Gasteiger partial charge in [-0.3, -0.25) is 0 Å². The van der Waals surface area contributed by atoms with Crippen molar-refractivity contribution in [3.05, 3.63) is 39.9 Å². The molecule has 4 N–H and O–H groups in total. The van der Waals surface area contributed by atoms with E-state index in [1.165, 1.54) is 12.1 Å². The molecule has 1 aromatic rings. The van der Waals surface area contributed by atoms with E-state index in [4.69, 9.17) is 15.6 Å². The average molecular weight is 355 g/mol. The third-order valence-corrected chi connectivity index (χ3v) is 3.26. The molecule has 0 radical (unpaired) electrons. The molecule has 0 saturated carbocycles. The van der Waals surface area contributed by atoms with Gasteiger partial charge in [-0.2, -0.15) is 0 Å². The molecule has 0 aliphatic rings. The standard InChI is InChI=1S/C15H21N3O7/c16-9-2-1-3-13(14(19)20)17-15(21)25-12-6-4-11(5-7-12)8-10-24-18(22)23/h4-7,13H,1-3,8-10,16H2,(H,17,21)(H,19,20). The molecule has 0 spiro atoms. The number of benzene rings is 1. The molecule has 1 rings (SSSR count). The SMILES string of the molecule is NCCCCC(NC(=O)Oc1ccc(CCO[N+](=O)[O-])cc1)C(=O)O. The second kappa shape index (κ2) is 10.8. The summed E-state index contributed by atoms with van der Waals surface area (Å²) in [5.41, 5.74) is 6.11. The molecule has 138 valence electrons. The van der Waals surface area contributed by atoms with Crippen LogP contribution in [0.2, 0.25) is 0 Å². The maximum absolute atomic E-state index is 11.8. The number of nitrogens with one attached hydrogen (secondary N) is 1. The fourth-order valence-corrected chi connectivity index (χ4v) is 1.99. The summed E-state index contributed by atoms with van der Waals surface area (Å²) in [6.45, 7) is 0.382. The Labute approximate surface area is 144 Å². The first-order valence-electron chi connectivity index (χ1n) is 7.70. The van der Waals surface area contributed by atoms with Crippen LogP contribution in [0.15, 0.2) is 24.3 Å². The third-order valence-electron chi connectivity index (χ3n) is 3.26. The lowest BCUT2D eigenvalue weighted by molar-refractivity contribution is -0.757. The normalized spacial score (nSPS) is 11.4. The molecular formula is C15H21N3O7. The van der Waals surface area contributed by atoms with E-state index >= 15 is 0 Å². The number of hydrogen-bond acceptors (Lipinski definition) is 7. The Hall–Kier alpha value is -2.88. The summed E-state index contributed by atoms with van der Waals surface area (Å²) in [6, 6.07) is 5.22. The van der Waals surface area contributed by atoms with Gasteiger partial charge in [-0.25, -0.2) is 9.59 Å². The zero-order chi connectivity index (χ0) is 18.7. The first-order valence-corrected chi connectivity index (χ1v) is 7.70. The van der Waals surface area contributed by atoms with Crippen LogP contribution in [0, 0.1) is 10.1 Å². The highest BCUT2D eigenvalue weighted by Crippen LogP contribution is 2.13. The summed E-state index contributed by atoms with van der Waals surface area (Å²) in [7, 11) is 0. The van der Waals surface area contributed by atoms with Crippen molar-refractivity contribution in [1.29, 1.82) is 0 Å². The second-order valence-corrected chi connectivity index (χ2v) is 5.16. The van der Waals surface area contributed by atoms with E-state index in [1.807, 2.05) is 0 Å². The number of nitrogens with zero attached hydrogens (tertiary/aromatic N) is 1. The fraction of sp³-hybridized carbons (Fsp3) is 0.467. The molecule has 0 fully saturated rings. The van der Waals surface area contributed by atoms with E-state index in [9.17, 15) is 19.7 Å². The highest BCUT2D eigenvalue weighted by atomic mass is 16.9. The summed E-state index contributed by atoms with van der Waals surface area (Å²) in [5, 5.41) is 20.6. The Kier molecular flexibility index (Phi) is 8.72. The number of unbranched alkanes of at least 4 members (excludes halogenated alkanes) is 1. The molecule has 10 nitrogen and oxygen atoms in total. The predicted octanol–water partition coefficient (Wildman–Crippen LogP) is 1.11. The van der Waals surface area contributed by atoms with Gasteiger partial charge >= 0.3 is 12.1 Å². The monoisotopic (exact) mass is 355 g/mol. The number of carboxylic acids is 1. The molecule has 1 unspecified atom stereocenters. The smallest absolute Gasteiger partial charge is 0.413 e. The minimum atomic E-state index is -1.14.